The summed E-state index contributed by atoms with van der Waals surface area (Å²) in [6.07, 6.45) is 0.604. The molecular weight excluding hydrogens is 639 g/mol. The molecule has 2 saturated heterocycles. The van der Waals surface area contributed by atoms with Gasteiger partial charge in [0, 0.05) is 45.5 Å². The Hall–Kier alpha value is -3.77. The Morgan fingerprint density at radius 3 is 2.60 bits per heavy atom. The van der Waals surface area contributed by atoms with E-state index in [0.29, 0.717) is 46.2 Å². The number of nitrogens with one attached hydrogen (secondary N) is 1. The monoisotopic (exact) mass is 678 g/mol. The number of nitrogen functional groups attached to an aromatic ring is 1. The Morgan fingerprint density at radius 1 is 1.15 bits per heavy atom. The zero-order valence-electron chi connectivity index (χ0n) is 26.7. The molecule has 3 aliphatic rings. The van der Waals surface area contributed by atoms with Gasteiger partial charge >= 0.3 is 0 Å². The van der Waals surface area contributed by atoms with E-state index in [9.17, 15) is 19.5 Å². The van der Waals surface area contributed by atoms with E-state index in [0.717, 1.165) is 12.0 Å². The molecule has 9 nitrogen and oxygen atoms in total. The fourth-order valence-electron chi connectivity index (χ4n) is 7.79. The Morgan fingerprint density at radius 2 is 1.89 bits per heavy atom. The van der Waals surface area contributed by atoms with E-state index in [-0.39, 0.29) is 43.3 Å². The third kappa shape index (κ3) is 6.06. The van der Waals surface area contributed by atoms with Crippen molar-refractivity contribution in [3.8, 4) is 0 Å². The molecule has 4 N–H and O–H groups in total. The van der Waals surface area contributed by atoms with Crippen molar-refractivity contribution in [1.82, 2.24) is 4.90 Å². The first kappa shape index (κ1) is 33.1. The molecule has 47 heavy (non-hydrogen) atoms. The van der Waals surface area contributed by atoms with E-state index in [1.807, 2.05) is 13.0 Å². The van der Waals surface area contributed by atoms with Crippen LogP contribution in [-0.4, -0.2) is 61.4 Å². The number of amides is 3. The van der Waals surface area contributed by atoms with Gasteiger partial charge in [0.25, 0.3) is 11.8 Å². The highest BCUT2D eigenvalue weighted by atomic mass is 35.5. The maximum absolute atomic E-state index is 16.2. The summed E-state index contributed by atoms with van der Waals surface area (Å²) in [5.41, 5.74) is 7.06. The number of carbonyl (C=O) groups excluding carboxylic acids is 3. The van der Waals surface area contributed by atoms with Crippen molar-refractivity contribution in [3.63, 3.8) is 0 Å². The zero-order valence-corrected chi connectivity index (χ0v) is 28.5. The number of anilines is 3. The smallest absolute Gasteiger partial charge is 0.264 e. The van der Waals surface area contributed by atoms with E-state index >= 15 is 4.11 Å². The lowest BCUT2D eigenvalue weighted by Gasteiger charge is -2.31. The van der Waals surface area contributed by atoms with E-state index < -0.39 is 31.6 Å². The molecule has 0 unspecified atom stereocenters. The summed E-state index contributed by atoms with van der Waals surface area (Å²) < 4.78 is 22.9. The molecule has 5 atom stereocenters. The fraction of sp³-hybridized carbons (Fsp3) is 0.400. The Kier molecular flexibility index (Phi) is 8.94. The Labute approximate surface area is 280 Å². The number of hydrogen-bond donors (Lipinski definition) is 3. The SMILES string of the molecule is C[C@@H]1[C@@H]([Si](C)(C)F)[C@H](CC(=O)N2CCC[C@H]2CO)O[C@@]12C(=O)N(Cc1cccc(NC(=O)c3ccc(N)cc3)c1)c1ccc(Cl)cc12. The van der Waals surface area contributed by atoms with Gasteiger partial charge in [-0.25, -0.2) is 0 Å². The molecule has 0 aromatic heterocycles. The highest BCUT2D eigenvalue weighted by molar-refractivity contribution is 6.72. The molecule has 0 radical (unpaired) electrons. The number of ether oxygens (including phenoxy) is 1. The first-order valence-electron chi connectivity index (χ1n) is 16.0. The molecule has 2 fully saturated rings. The number of nitrogens with two attached hydrogens (primary N) is 1. The summed E-state index contributed by atoms with van der Waals surface area (Å²) in [5, 5.41) is 13.1. The van der Waals surface area contributed by atoms with Crippen molar-refractivity contribution in [2.24, 2.45) is 5.92 Å². The largest absolute Gasteiger partial charge is 0.399 e. The summed E-state index contributed by atoms with van der Waals surface area (Å²) in [7, 11) is -3.49. The first-order chi connectivity index (χ1) is 22.3. The number of benzene rings is 3. The average Bonchev–Trinajstić information content (AvgIpc) is 3.68. The molecule has 248 valence electrons. The normalized spacial score (nSPS) is 25.4. The second kappa shape index (κ2) is 12.7. The molecule has 12 heteroatoms. The molecule has 1 spiro atoms. The van der Waals surface area contributed by atoms with Crippen molar-refractivity contribution < 1.29 is 28.3 Å². The van der Waals surface area contributed by atoms with Gasteiger partial charge in [0.05, 0.1) is 37.4 Å². The number of carbonyl (C=O) groups is 3. The standard InChI is InChI=1S/C35H40ClFN4O5Si/c1-21-32(47(2,3)37)30(18-31(43)40-15-5-8-27(40)20-42)46-35(21)28-17-24(36)11-14-29(28)41(34(35)45)19-22-6-4-7-26(16-22)39-33(44)23-9-12-25(38)13-10-23/h4,6-7,9-14,16-17,21,27,30,32,42H,5,8,15,18-20,38H2,1-3H3,(H,39,44)/t21-,27+,30+,32-,35+/m1/s1. The maximum atomic E-state index is 16.2. The summed E-state index contributed by atoms with van der Waals surface area (Å²) >= 11 is 6.50. The van der Waals surface area contributed by atoms with Gasteiger partial charge in [-0.05, 0) is 86.1 Å². The minimum atomic E-state index is -3.49. The van der Waals surface area contributed by atoms with E-state index in [1.54, 1.807) is 83.6 Å². The van der Waals surface area contributed by atoms with E-state index in [2.05, 4.69) is 5.32 Å². The summed E-state index contributed by atoms with van der Waals surface area (Å²) in [6, 6.07) is 18.8. The number of aliphatic hydroxyl groups is 1. The van der Waals surface area contributed by atoms with Crippen LogP contribution in [0.5, 0.6) is 0 Å². The van der Waals surface area contributed by atoms with Gasteiger partial charge in [-0.2, -0.15) is 0 Å². The third-order valence-electron chi connectivity index (χ3n) is 9.91. The predicted octanol–water partition coefficient (Wildman–Crippen LogP) is 5.87. The van der Waals surface area contributed by atoms with Gasteiger partial charge < -0.3 is 34.8 Å². The van der Waals surface area contributed by atoms with Crippen molar-refractivity contribution in [2.45, 2.75) is 69.1 Å². The summed E-state index contributed by atoms with van der Waals surface area (Å²) in [5.74, 6) is -1.42. The molecule has 0 saturated carbocycles. The van der Waals surface area contributed by atoms with Crippen LogP contribution in [0.4, 0.5) is 21.2 Å². The average molecular weight is 679 g/mol. The number of halogens is 2. The fourth-order valence-corrected chi connectivity index (χ4v) is 10.5. The summed E-state index contributed by atoms with van der Waals surface area (Å²) in [6.45, 7) is 5.60. The maximum Gasteiger partial charge on any atom is 0.264 e. The molecule has 3 amide bonds. The quantitative estimate of drug-likeness (QED) is 0.156. The number of nitrogens with zero attached hydrogens (tertiary/aromatic N) is 2. The molecule has 0 aliphatic carbocycles. The van der Waals surface area contributed by atoms with E-state index in [4.69, 9.17) is 22.1 Å². The Bertz CT molecular complexity index is 1700. The highest BCUT2D eigenvalue weighted by Crippen LogP contribution is 2.60. The van der Waals surface area contributed by atoms with Crippen LogP contribution in [-0.2, 0) is 26.5 Å². The van der Waals surface area contributed by atoms with Crippen LogP contribution in [0, 0.1) is 5.92 Å². The minimum absolute atomic E-state index is 0.0768. The zero-order chi connectivity index (χ0) is 33.7. The van der Waals surface area contributed by atoms with Crippen molar-refractivity contribution in [2.75, 3.05) is 29.1 Å². The van der Waals surface area contributed by atoms with Gasteiger partial charge in [0.15, 0.2) is 5.60 Å². The lowest BCUT2D eigenvalue weighted by atomic mass is 9.82. The topological polar surface area (TPSA) is 125 Å². The highest BCUT2D eigenvalue weighted by Gasteiger charge is 2.67. The van der Waals surface area contributed by atoms with Crippen LogP contribution in [0.1, 0.15) is 47.7 Å². The number of aliphatic hydroxyl groups excluding tert-OH is 1. The first-order valence-corrected chi connectivity index (χ1v) is 19.3. The van der Waals surface area contributed by atoms with Gasteiger partial charge in [0.1, 0.15) is 0 Å². The van der Waals surface area contributed by atoms with Crippen LogP contribution < -0.4 is 16.0 Å². The van der Waals surface area contributed by atoms with Crippen molar-refractivity contribution >= 4 is 54.8 Å². The second-order valence-corrected chi connectivity index (χ2v) is 17.6. The van der Waals surface area contributed by atoms with Crippen LogP contribution >= 0.6 is 11.6 Å². The minimum Gasteiger partial charge on any atom is -0.399 e. The molecule has 0 bridgehead atoms. The Balaban J connectivity index is 1.30. The van der Waals surface area contributed by atoms with Gasteiger partial charge in [-0.1, -0.05) is 30.7 Å². The van der Waals surface area contributed by atoms with Crippen LogP contribution in [0.25, 0.3) is 0 Å². The third-order valence-corrected chi connectivity index (χ3v) is 12.6. The second-order valence-electron chi connectivity index (χ2n) is 13.4. The lowest BCUT2D eigenvalue weighted by Crippen LogP contribution is -2.45. The number of hydrogen-bond acceptors (Lipinski definition) is 6. The van der Waals surface area contributed by atoms with Crippen molar-refractivity contribution in [1.29, 1.82) is 0 Å². The number of likely N-dealkylation sites (tertiary alicyclic amines) is 1. The molecule has 6 rings (SSSR count). The number of rotatable bonds is 8. The molecular formula is C35H40ClFN4O5Si. The van der Waals surface area contributed by atoms with Gasteiger partial charge in [0.2, 0.25) is 14.3 Å². The van der Waals surface area contributed by atoms with Crippen LogP contribution in [0.2, 0.25) is 23.7 Å². The molecule has 3 aromatic carbocycles. The number of fused-ring (bicyclic) bond motifs is 2. The van der Waals surface area contributed by atoms with Crippen LogP contribution in [0.15, 0.2) is 66.7 Å². The van der Waals surface area contributed by atoms with E-state index in [1.165, 1.54) is 0 Å². The molecule has 3 aromatic rings. The molecule has 3 aliphatic heterocycles. The van der Waals surface area contributed by atoms with Gasteiger partial charge in [-0.3, -0.25) is 14.4 Å². The van der Waals surface area contributed by atoms with Crippen molar-refractivity contribution in [3.05, 3.63) is 88.4 Å². The summed E-state index contributed by atoms with van der Waals surface area (Å²) in [4.78, 5) is 44.4. The molecule has 3 heterocycles. The van der Waals surface area contributed by atoms with Crippen LogP contribution in [0.3, 0.4) is 0 Å². The van der Waals surface area contributed by atoms with Gasteiger partial charge in [-0.15, -0.1) is 0 Å². The lowest BCUT2D eigenvalue weighted by molar-refractivity contribution is -0.150. The predicted molar refractivity (Wildman–Crippen MR) is 182 cm³/mol.